The summed E-state index contributed by atoms with van der Waals surface area (Å²) in [5.41, 5.74) is 0.441. The van der Waals surface area contributed by atoms with Gasteiger partial charge in [0, 0.05) is 19.6 Å². The summed E-state index contributed by atoms with van der Waals surface area (Å²) < 4.78 is 0. The van der Waals surface area contributed by atoms with Crippen LogP contribution in [-0.4, -0.2) is 49.8 Å². The van der Waals surface area contributed by atoms with Crippen molar-refractivity contribution in [1.29, 1.82) is 0 Å². The zero-order valence-electron chi connectivity index (χ0n) is 11.1. The molecular weight excluding hydrogens is 200 g/mol. The van der Waals surface area contributed by atoms with Gasteiger partial charge in [0.2, 0.25) is 0 Å². The number of nitrogens with one attached hydrogen (secondary N) is 1. The molecule has 1 aliphatic carbocycles. The Morgan fingerprint density at radius 3 is 2.44 bits per heavy atom. The summed E-state index contributed by atoms with van der Waals surface area (Å²) in [6.07, 6.45) is 6.57. The molecular formula is C13H28N2O. The molecule has 0 aromatic rings. The number of aliphatic hydroxyl groups excluding tert-OH is 1. The third-order valence-corrected chi connectivity index (χ3v) is 3.65. The molecule has 0 heterocycles. The lowest BCUT2D eigenvalue weighted by atomic mass is 9.73. The second kappa shape index (κ2) is 6.58. The molecule has 1 atom stereocenters. The van der Waals surface area contributed by atoms with E-state index in [2.05, 4.69) is 17.3 Å². The summed E-state index contributed by atoms with van der Waals surface area (Å²) >= 11 is 0. The number of nitrogens with zero attached hydrogens (tertiary/aromatic N) is 1. The highest BCUT2D eigenvalue weighted by Gasteiger charge is 2.32. The fraction of sp³-hybridized carbons (Fsp3) is 1.00. The van der Waals surface area contributed by atoms with Crippen molar-refractivity contribution in [3.8, 4) is 0 Å². The average molecular weight is 228 g/mol. The van der Waals surface area contributed by atoms with Crippen LogP contribution in [0.15, 0.2) is 0 Å². The minimum absolute atomic E-state index is 0.222. The largest absolute Gasteiger partial charge is 0.392 e. The van der Waals surface area contributed by atoms with Gasteiger partial charge in [-0.2, -0.15) is 0 Å². The second-order valence-electron chi connectivity index (χ2n) is 5.64. The third kappa shape index (κ3) is 4.40. The Hall–Kier alpha value is -0.120. The van der Waals surface area contributed by atoms with E-state index in [0.717, 1.165) is 19.6 Å². The smallest absolute Gasteiger partial charge is 0.0638 e. The SMILES string of the molecule is CNCC1(CN(C)CC(C)O)CCCCC1. The molecule has 1 saturated carbocycles. The standard InChI is InChI=1S/C13H28N2O/c1-12(16)9-15(3)11-13(10-14-2)7-5-4-6-8-13/h12,14,16H,4-11H2,1-3H3. The van der Waals surface area contributed by atoms with Crippen molar-refractivity contribution in [2.45, 2.75) is 45.1 Å². The van der Waals surface area contributed by atoms with Gasteiger partial charge in [-0.05, 0) is 39.3 Å². The Labute approximate surface area is 100 Å². The lowest BCUT2D eigenvalue weighted by Crippen LogP contribution is -2.45. The summed E-state index contributed by atoms with van der Waals surface area (Å²) in [6.45, 7) is 4.86. The zero-order valence-corrected chi connectivity index (χ0v) is 11.1. The molecule has 96 valence electrons. The Morgan fingerprint density at radius 2 is 1.94 bits per heavy atom. The van der Waals surface area contributed by atoms with Crippen LogP contribution in [0.1, 0.15) is 39.0 Å². The van der Waals surface area contributed by atoms with Gasteiger partial charge in [0.25, 0.3) is 0 Å². The summed E-state index contributed by atoms with van der Waals surface area (Å²) in [5.74, 6) is 0. The Bertz CT molecular complexity index is 183. The van der Waals surface area contributed by atoms with Gasteiger partial charge in [0.15, 0.2) is 0 Å². The molecule has 3 heteroatoms. The van der Waals surface area contributed by atoms with Crippen molar-refractivity contribution >= 4 is 0 Å². The fourth-order valence-electron chi connectivity index (χ4n) is 3.16. The molecule has 0 bridgehead atoms. The van der Waals surface area contributed by atoms with Gasteiger partial charge < -0.3 is 15.3 Å². The van der Waals surface area contributed by atoms with Crippen molar-refractivity contribution in [2.75, 3.05) is 33.7 Å². The van der Waals surface area contributed by atoms with Crippen LogP contribution in [0.25, 0.3) is 0 Å². The summed E-state index contributed by atoms with van der Waals surface area (Å²) in [4.78, 5) is 2.29. The van der Waals surface area contributed by atoms with Gasteiger partial charge in [-0.3, -0.25) is 0 Å². The van der Waals surface area contributed by atoms with Gasteiger partial charge in [-0.1, -0.05) is 19.3 Å². The number of aliphatic hydroxyl groups is 1. The molecule has 0 aromatic heterocycles. The monoisotopic (exact) mass is 228 g/mol. The van der Waals surface area contributed by atoms with E-state index >= 15 is 0 Å². The van der Waals surface area contributed by atoms with Gasteiger partial charge >= 0.3 is 0 Å². The van der Waals surface area contributed by atoms with Crippen LogP contribution in [0.2, 0.25) is 0 Å². The van der Waals surface area contributed by atoms with Gasteiger partial charge in [-0.25, -0.2) is 0 Å². The van der Waals surface area contributed by atoms with Crippen molar-refractivity contribution in [3.05, 3.63) is 0 Å². The number of likely N-dealkylation sites (N-methyl/N-ethyl adjacent to an activating group) is 1. The molecule has 0 aromatic carbocycles. The normalized spacial score (nSPS) is 22.3. The minimum atomic E-state index is -0.222. The van der Waals surface area contributed by atoms with Crippen LogP contribution in [0.5, 0.6) is 0 Å². The van der Waals surface area contributed by atoms with E-state index in [1.807, 2.05) is 14.0 Å². The molecule has 0 amide bonds. The van der Waals surface area contributed by atoms with Crippen LogP contribution in [0.3, 0.4) is 0 Å². The lowest BCUT2D eigenvalue weighted by Gasteiger charge is -2.40. The molecule has 0 radical (unpaired) electrons. The minimum Gasteiger partial charge on any atom is -0.392 e. The first-order valence-electron chi connectivity index (χ1n) is 6.59. The highest BCUT2D eigenvalue weighted by Crippen LogP contribution is 2.36. The fourth-order valence-corrected chi connectivity index (χ4v) is 3.16. The first-order chi connectivity index (χ1) is 7.58. The topological polar surface area (TPSA) is 35.5 Å². The molecule has 1 fully saturated rings. The van der Waals surface area contributed by atoms with E-state index in [1.165, 1.54) is 32.1 Å². The summed E-state index contributed by atoms with van der Waals surface area (Å²) in [5, 5.41) is 12.8. The maximum atomic E-state index is 9.41. The van der Waals surface area contributed by atoms with Crippen molar-refractivity contribution in [1.82, 2.24) is 10.2 Å². The molecule has 1 aliphatic rings. The van der Waals surface area contributed by atoms with Crippen LogP contribution >= 0.6 is 0 Å². The first kappa shape index (κ1) is 13.9. The van der Waals surface area contributed by atoms with Crippen LogP contribution in [0, 0.1) is 5.41 Å². The van der Waals surface area contributed by atoms with E-state index in [-0.39, 0.29) is 6.10 Å². The first-order valence-corrected chi connectivity index (χ1v) is 6.59. The summed E-state index contributed by atoms with van der Waals surface area (Å²) in [7, 11) is 4.17. The van der Waals surface area contributed by atoms with E-state index in [9.17, 15) is 5.11 Å². The van der Waals surface area contributed by atoms with E-state index in [0.29, 0.717) is 5.41 Å². The van der Waals surface area contributed by atoms with Gasteiger partial charge in [0.1, 0.15) is 0 Å². The highest BCUT2D eigenvalue weighted by molar-refractivity contribution is 4.87. The predicted octanol–water partition coefficient (Wildman–Crippen LogP) is 1.47. The predicted molar refractivity (Wildman–Crippen MR) is 68.6 cm³/mol. The quantitative estimate of drug-likeness (QED) is 0.722. The van der Waals surface area contributed by atoms with Gasteiger partial charge in [-0.15, -0.1) is 0 Å². The number of rotatable bonds is 6. The van der Waals surface area contributed by atoms with Crippen LogP contribution in [0.4, 0.5) is 0 Å². The molecule has 1 unspecified atom stereocenters. The maximum absolute atomic E-state index is 9.41. The molecule has 2 N–H and O–H groups in total. The molecule has 1 rings (SSSR count). The highest BCUT2D eigenvalue weighted by atomic mass is 16.3. The maximum Gasteiger partial charge on any atom is 0.0638 e. The second-order valence-corrected chi connectivity index (χ2v) is 5.64. The Balaban J connectivity index is 2.48. The van der Waals surface area contributed by atoms with E-state index in [1.54, 1.807) is 0 Å². The number of hydrogen-bond donors (Lipinski definition) is 2. The molecule has 0 aliphatic heterocycles. The molecule has 3 nitrogen and oxygen atoms in total. The third-order valence-electron chi connectivity index (χ3n) is 3.65. The number of hydrogen-bond acceptors (Lipinski definition) is 3. The molecule has 0 spiro atoms. The molecule has 16 heavy (non-hydrogen) atoms. The average Bonchev–Trinajstić information content (AvgIpc) is 2.17. The van der Waals surface area contributed by atoms with Crippen LogP contribution in [-0.2, 0) is 0 Å². The lowest BCUT2D eigenvalue weighted by molar-refractivity contribution is 0.0825. The van der Waals surface area contributed by atoms with Gasteiger partial charge in [0.05, 0.1) is 6.10 Å². The van der Waals surface area contributed by atoms with Crippen molar-refractivity contribution in [2.24, 2.45) is 5.41 Å². The zero-order chi connectivity index (χ0) is 12.0. The summed E-state index contributed by atoms with van der Waals surface area (Å²) in [6, 6.07) is 0. The Kier molecular flexibility index (Phi) is 5.73. The van der Waals surface area contributed by atoms with Crippen molar-refractivity contribution < 1.29 is 5.11 Å². The van der Waals surface area contributed by atoms with E-state index in [4.69, 9.17) is 0 Å². The molecule has 0 saturated heterocycles. The Morgan fingerprint density at radius 1 is 1.31 bits per heavy atom. The van der Waals surface area contributed by atoms with Crippen molar-refractivity contribution in [3.63, 3.8) is 0 Å². The van der Waals surface area contributed by atoms with Crippen LogP contribution < -0.4 is 5.32 Å². The van der Waals surface area contributed by atoms with E-state index < -0.39 is 0 Å².